The maximum atomic E-state index is 11.4. The molecule has 4 heteroatoms. The first kappa shape index (κ1) is 12.4. The number of carbonyl (C=O) groups is 1. The summed E-state index contributed by atoms with van der Waals surface area (Å²) in [6.45, 7) is 0. The lowest BCUT2D eigenvalue weighted by Gasteiger charge is -1.99. The monoisotopic (exact) mass is 332 g/mol. The third kappa shape index (κ3) is 2.17. The number of phenolic OH excluding ortho intramolecular Hbond substituents is 1. The fourth-order valence-electron chi connectivity index (χ4n) is 2.04. The molecule has 3 rings (SSSR count). The summed E-state index contributed by atoms with van der Waals surface area (Å²) in [5.74, 6) is 0.216. The van der Waals surface area contributed by atoms with E-state index in [0.29, 0.717) is 5.56 Å². The second-order valence-electron chi connectivity index (χ2n) is 4.15. The number of aldehydes is 1. The minimum atomic E-state index is 0.216. The SMILES string of the molecule is O=Cc1c(-c2ccc(Br)cc2)sc2cc(O)ccc12. The van der Waals surface area contributed by atoms with Crippen molar-refractivity contribution in [3.63, 3.8) is 0 Å². The molecular formula is C15H9BrO2S. The molecule has 0 aliphatic rings. The molecule has 0 amide bonds. The number of benzene rings is 2. The Labute approximate surface area is 122 Å². The van der Waals surface area contributed by atoms with Crippen molar-refractivity contribution >= 4 is 43.6 Å². The molecule has 1 aromatic heterocycles. The van der Waals surface area contributed by atoms with Crippen LogP contribution in [0.15, 0.2) is 46.9 Å². The molecule has 3 aromatic rings. The summed E-state index contributed by atoms with van der Waals surface area (Å²) < 4.78 is 1.92. The van der Waals surface area contributed by atoms with E-state index in [1.165, 1.54) is 11.3 Å². The van der Waals surface area contributed by atoms with Gasteiger partial charge in [0, 0.05) is 25.0 Å². The molecule has 0 radical (unpaired) electrons. The minimum Gasteiger partial charge on any atom is -0.508 e. The lowest BCUT2D eigenvalue weighted by Crippen LogP contribution is -1.81. The second-order valence-corrected chi connectivity index (χ2v) is 6.12. The quantitative estimate of drug-likeness (QED) is 0.681. The Morgan fingerprint density at radius 3 is 2.53 bits per heavy atom. The highest BCUT2D eigenvalue weighted by Crippen LogP contribution is 2.39. The normalized spacial score (nSPS) is 10.8. The van der Waals surface area contributed by atoms with Crippen molar-refractivity contribution in [3.05, 3.63) is 52.5 Å². The number of thiophene rings is 1. The summed E-state index contributed by atoms with van der Waals surface area (Å²) >= 11 is 4.91. The molecule has 0 spiro atoms. The van der Waals surface area contributed by atoms with Crippen LogP contribution in [0.5, 0.6) is 5.75 Å². The number of rotatable bonds is 2. The Bertz CT molecular complexity index is 760. The zero-order valence-electron chi connectivity index (χ0n) is 9.76. The minimum absolute atomic E-state index is 0.216. The molecule has 0 atom stereocenters. The highest BCUT2D eigenvalue weighted by molar-refractivity contribution is 9.10. The molecule has 0 fully saturated rings. The van der Waals surface area contributed by atoms with Crippen LogP contribution in [-0.2, 0) is 0 Å². The van der Waals surface area contributed by atoms with Gasteiger partial charge >= 0.3 is 0 Å². The van der Waals surface area contributed by atoms with E-state index in [0.717, 1.165) is 31.3 Å². The van der Waals surface area contributed by atoms with E-state index in [9.17, 15) is 9.90 Å². The Balaban J connectivity index is 2.28. The van der Waals surface area contributed by atoms with Crippen molar-refractivity contribution < 1.29 is 9.90 Å². The van der Waals surface area contributed by atoms with Gasteiger partial charge in [0.1, 0.15) is 5.75 Å². The first-order valence-electron chi connectivity index (χ1n) is 5.65. The van der Waals surface area contributed by atoms with Crippen LogP contribution < -0.4 is 0 Å². The third-order valence-corrected chi connectivity index (χ3v) is 4.68. The van der Waals surface area contributed by atoms with Crippen LogP contribution in [0.1, 0.15) is 10.4 Å². The average Bonchev–Trinajstić information content (AvgIpc) is 2.77. The van der Waals surface area contributed by atoms with E-state index in [4.69, 9.17) is 0 Å². The fraction of sp³-hybridized carbons (Fsp3) is 0. The van der Waals surface area contributed by atoms with Gasteiger partial charge in [0.05, 0.1) is 0 Å². The lowest BCUT2D eigenvalue weighted by molar-refractivity contribution is 0.112. The number of aromatic hydroxyl groups is 1. The summed E-state index contributed by atoms with van der Waals surface area (Å²) in [4.78, 5) is 12.3. The molecule has 1 N–H and O–H groups in total. The summed E-state index contributed by atoms with van der Waals surface area (Å²) in [7, 11) is 0. The van der Waals surface area contributed by atoms with Crippen LogP contribution in [0.3, 0.4) is 0 Å². The maximum Gasteiger partial charge on any atom is 0.152 e. The van der Waals surface area contributed by atoms with Crippen molar-refractivity contribution in [2.75, 3.05) is 0 Å². The number of carbonyl (C=O) groups excluding carboxylic acids is 1. The van der Waals surface area contributed by atoms with Crippen molar-refractivity contribution in [3.8, 4) is 16.2 Å². The average molecular weight is 333 g/mol. The topological polar surface area (TPSA) is 37.3 Å². The Kier molecular flexibility index (Phi) is 3.12. The highest BCUT2D eigenvalue weighted by Gasteiger charge is 2.13. The van der Waals surface area contributed by atoms with Crippen molar-refractivity contribution in [1.82, 2.24) is 0 Å². The van der Waals surface area contributed by atoms with E-state index in [-0.39, 0.29) is 5.75 Å². The van der Waals surface area contributed by atoms with Gasteiger partial charge in [0.2, 0.25) is 0 Å². The molecule has 2 nitrogen and oxygen atoms in total. The van der Waals surface area contributed by atoms with Crippen LogP contribution >= 0.6 is 27.3 Å². The smallest absolute Gasteiger partial charge is 0.152 e. The first-order chi connectivity index (χ1) is 9.19. The second kappa shape index (κ2) is 4.79. The van der Waals surface area contributed by atoms with Gasteiger partial charge in [0.15, 0.2) is 6.29 Å². The van der Waals surface area contributed by atoms with Crippen LogP contribution in [0.4, 0.5) is 0 Å². The first-order valence-corrected chi connectivity index (χ1v) is 7.26. The molecule has 19 heavy (non-hydrogen) atoms. The molecular weight excluding hydrogens is 324 g/mol. The predicted octanol–water partition coefficient (Wildman–Crippen LogP) is 4.85. The van der Waals surface area contributed by atoms with E-state index >= 15 is 0 Å². The van der Waals surface area contributed by atoms with Gasteiger partial charge < -0.3 is 5.11 Å². The molecule has 0 aliphatic carbocycles. The molecule has 0 saturated carbocycles. The molecule has 1 heterocycles. The Morgan fingerprint density at radius 1 is 1.11 bits per heavy atom. The Hall–Kier alpha value is -1.65. The van der Waals surface area contributed by atoms with Gasteiger partial charge in [0.25, 0.3) is 0 Å². The Morgan fingerprint density at radius 2 is 1.84 bits per heavy atom. The number of halogens is 1. The van der Waals surface area contributed by atoms with E-state index < -0.39 is 0 Å². The summed E-state index contributed by atoms with van der Waals surface area (Å²) in [5, 5.41) is 10.4. The molecule has 0 bridgehead atoms. The van der Waals surface area contributed by atoms with Crippen LogP contribution in [0, 0.1) is 0 Å². The molecule has 0 saturated heterocycles. The maximum absolute atomic E-state index is 11.4. The van der Waals surface area contributed by atoms with E-state index in [1.807, 2.05) is 24.3 Å². The third-order valence-electron chi connectivity index (χ3n) is 2.94. The molecule has 2 aromatic carbocycles. The van der Waals surface area contributed by atoms with Gasteiger partial charge in [-0.05, 0) is 35.9 Å². The largest absolute Gasteiger partial charge is 0.508 e. The molecule has 94 valence electrons. The van der Waals surface area contributed by atoms with Gasteiger partial charge in [-0.2, -0.15) is 0 Å². The zero-order valence-corrected chi connectivity index (χ0v) is 12.2. The summed E-state index contributed by atoms with van der Waals surface area (Å²) in [6, 6.07) is 12.9. The van der Waals surface area contributed by atoms with Gasteiger partial charge in [-0.15, -0.1) is 11.3 Å². The van der Waals surface area contributed by atoms with Gasteiger partial charge in [-0.3, -0.25) is 4.79 Å². The van der Waals surface area contributed by atoms with Gasteiger partial charge in [-0.25, -0.2) is 0 Å². The van der Waals surface area contributed by atoms with E-state index in [1.54, 1.807) is 18.2 Å². The summed E-state index contributed by atoms with van der Waals surface area (Å²) in [6.07, 6.45) is 0.882. The predicted molar refractivity (Wildman–Crippen MR) is 82.0 cm³/mol. The number of fused-ring (bicyclic) bond motifs is 1. The van der Waals surface area contributed by atoms with Crippen molar-refractivity contribution in [2.45, 2.75) is 0 Å². The van der Waals surface area contributed by atoms with Crippen LogP contribution in [0.25, 0.3) is 20.5 Å². The van der Waals surface area contributed by atoms with Crippen molar-refractivity contribution in [1.29, 1.82) is 0 Å². The highest BCUT2D eigenvalue weighted by atomic mass is 79.9. The number of phenols is 1. The van der Waals surface area contributed by atoms with Crippen LogP contribution in [-0.4, -0.2) is 11.4 Å². The molecule has 0 unspecified atom stereocenters. The fourth-order valence-corrected chi connectivity index (χ4v) is 3.51. The molecule has 0 aliphatic heterocycles. The number of hydrogen-bond donors (Lipinski definition) is 1. The lowest BCUT2D eigenvalue weighted by atomic mass is 10.1. The van der Waals surface area contributed by atoms with E-state index in [2.05, 4.69) is 15.9 Å². The zero-order chi connectivity index (χ0) is 13.4. The van der Waals surface area contributed by atoms with Crippen molar-refractivity contribution in [2.24, 2.45) is 0 Å². The van der Waals surface area contributed by atoms with Gasteiger partial charge in [-0.1, -0.05) is 28.1 Å². The summed E-state index contributed by atoms with van der Waals surface area (Å²) in [5.41, 5.74) is 1.69. The van der Waals surface area contributed by atoms with Crippen LogP contribution in [0.2, 0.25) is 0 Å². The number of hydrogen-bond acceptors (Lipinski definition) is 3. The standard InChI is InChI=1S/C15H9BrO2S/c16-10-3-1-9(2-4-10)15-13(8-17)12-6-5-11(18)7-14(12)19-15/h1-8,18H.